The molecule has 0 amide bonds. The topological polar surface area (TPSA) is 18.5 Å². The third kappa shape index (κ3) is 8.14. The highest BCUT2D eigenvalue weighted by Gasteiger charge is 2.37. The van der Waals surface area contributed by atoms with E-state index in [1.807, 2.05) is 12.2 Å². The fraction of sp³-hybridized carbons (Fsp3) is 0.667. The van der Waals surface area contributed by atoms with Crippen molar-refractivity contribution in [2.24, 2.45) is 0 Å². The number of allylic oxidation sites excluding steroid dienone is 2. The van der Waals surface area contributed by atoms with Crippen LogP contribution < -0.4 is 0 Å². The standard InChI is InChI=1S/C18H33O2Si2/c1-9-12-17(20-21(15-10-2)16-11-3)13-14-19-22(7,8)18(4,5)6/h1,10-11,17H,2-3,12-16H2,4-8H3. The van der Waals surface area contributed by atoms with Gasteiger partial charge < -0.3 is 8.85 Å². The minimum atomic E-state index is -1.70. The smallest absolute Gasteiger partial charge is 0.219 e. The Balaban J connectivity index is 4.50. The summed E-state index contributed by atoms with van der Waals surface area (Å²) in [5.74, 6) is 2.73. The summed E-state index contributed by atoms with van der Waals surface area (Å²) < 4.78 is 12.5. The van der Waals surface area contributed by atoms with Gasteiger partial charge in [0.15, 0.2) is 8.32 Å². The molecule has 1 unspecified atom stereocenters. The van der Waals surface area contributed by atoms with Crippen molar-refractivity contribution < 1.29 is 8.85 Å². The Kier molecular flexibility index (Phi) is 9.94. The molecule has 0 aliphatic carbocycles. The first-order chi connectivity index (χ1) is 10.2. The molecule has 0 fully saturated rings. The molecular formula is C18H33O2Si2. The van der Waals surface area contributed by atoms with Crippen molar-refractivity contribution in [1.29, 1.82) is 0 Å². The van der Waals surface area contributed by atoms with Crippen LogP contribution in [0.25, 0.3) is 0 Å². The highest BCUT2D eigenvalue weighted by Crippen LogP contribution is 2.36. The van der Waals surface area contributed by atoms with Gasteiger partial charge in [-0.25, -0.2) is 0 Å². The summed E-state index contributed by atoms with van der Waals surface area (Å²) >= 11 is 0. The normalized spacial score (nSPS) is 13.7. The first-order valence-corrected chi connectivity index (χ1v) is 12.7. The maximum absolute atomic E-state index is 6.23. The molecule has 0 aromatic carbocycles. The molecule has 0 saturated carbocycles. The molecule has 0 rings (SSSR count). The summed E-state index contributed by atoms with van der Waals surface area (Å²) in [6.07, 6.45) is 10.9. The van der Waals surface area contributed by atoms with Crippen molar-refractivity contribution in [3.05, 3.63) is 25.3 Å². The number of hydrogen-bond donors (Lipinski definition) is 0. The summed E-state index contributed by atoms with van der Waals surface area (Å²) in [7, 11) is -2.63. The number of terminal acetylenes is 1. The van der Waals surface area contributed by atoms with Crippen LogP contribution in [0.2, 0.25) is 30.2 Å². The van der Waals surface area contributed by atoms with E-state index in [2.05, 4.69) is 52.9 Å². The van der Waals surface area contributed by atoms with Crippen molar-refractivity contribution in [3.63, 3.8) is 0 Å². The van der Waals surface area contributed by atoms with Crippen LogP contribution in [-0.4, -0.2) is 30.1 Å². The third-order valence-electron chi connectivity index (χ3n) is 4.13. The zero-order valence-electron chi connectivity index (χ0n) is 15.1. The van der Waals surface area contributed by atoms with Crippen molar-refractivity contribution in [2.75, 3.05) is 6.61 Å². The highest BCUT2D eigenvalue weighted by molar-refractivity contribution is 6.74. The lowest BCUT2D eigenvalue weighted by Gasteiger charge is -2.36. The summed E-state index contributed by atoms with van der Waals surface area (Å²) in [5, 5.41) is 0.232. The molecule has 0 spiro atoms. The monoisotopic (exact) mass is 337 g/mol. The molecule has 2 nitrogen and oxygen atoms in total. The molecule has 0 aromatic heterocycles. The maximum Gasteiger partial charge on any atom is 0.219 e. The molecule has 0 aliphatic heterocycles. The van der Waals surface area contributed by atoms with Gasteiger partial charge in [0.1, 0.15) is 0 Å². The molecule has 0 heterocycles. The van der Waals surface area contributed by atoms with E-state index in [0.717, 1.165) is 25.1 Å². The molecule has 0 aromatic rings. The van der Waals surface area contributed by atoms with Gasteiger partial charge >= 0.3 is 0 Å². The van der Waals surface area contributed by atoms with Crippen LogP contribution in [0.1, 0.15) is 33.6 Å². The molecule has 0 aliphatic rings. The average Bonchev–Trinajstić information content (AvgIpc) is 2.38. The minimum absolute atomic E-state index is 0.0866. The SMILES string of the molecule is C#CCC(CCO[Si](C)(C)C(C)(C)C)O[Si](CC=C)CC=C. The first-order valence-electron chi connectivity index (χ1n) is 7.98. The molecule has 22 heavy (non-hydrogen) atoms. The predicted octanol–water partition coefficient (Wildman–Crippen LogP) is 5.17. The zero-order chi connectivity index (χ0) is 17.2. The maximum atomic E-state index is 6.23. The van der Waals surface area contributed by atoms with Gasteiger partial charge in [-0.05, 0) is 36.6 Å². The highest BCUT2D eigenvalue weighted by atomic mass is 28.4. The van der Waals surface area contributed by atoms with Crippen LogP contribution in [0, 0.1) is 12.3 Å². The van der Waals surface area contributed by atoms with Gasteiger partial charge in [0.25, 0.3) is 0 Å². The average molecular weight is 338 g/mol. The van der Waals surface area contributed by atoms with E-state index in [0.29, 0.717) is 6.42 Å². The van der Waals surface area contributed by atoms with Crippen molar-refractivity contribution in [1.82, 2.24) is 0 Å². The molecule has 0 bridgehead atoms. The molecule has 0 saturated heterocycles. The third-order valence-corrected chi connectivity index (χ3v) is 10.8. The Morgan fingerprint density at radius 2 is 1.77 bits per heavy atom. The van der Waals surface area contributed by atoms with Gasteiger partial charge in [-0.15, -0.1) is 25.5 Å². The number of rotatable bonds is 11. The van der Waals surface area contributed by atoms with E-state index >= 15 is 0 Å². The lowest BCUT2D eigenvalue weighted by molar-refractivity contribution is 0.159. The Hall–Kier alpha value is -0.606. The Morgan fingerprint density at radius 3 is 2.18 bits per heavy atom. The summed E-state index contributed by atoms with van der Waals surface area (Å²) in [4.78, 5) is 0. The van der Waals surface area contributed by atoms with E-state index in [1.165, 1.54) is 0 Å². The van der Waals surface area contributed by atoms with Gasteiger partial charge in [0.2, 0.25) is 9.04 Å². The Bertz CT molecular complexity index is 368. The lowest BCUT2D eigenvalue weighted by atomic mass is 10.2. The van der Waals surface area contributed by atoms with Gasteiger partial charge in [-0.1, -0.05) is 32.9 Å². The molecule has 1 atom stereocenters. The van der Waals surface area contributed by atoms with Crippen LogP contribution >= 0.6 is 0 Å². The van der Waals surface area contributed by atoms with E-state index in [-0.39, 0.29) is 11.1 Å². The van der Waals surface area contributed by atoms with Crippen LogP contribution in [0.5, 0.6) is 0 Å². The molecule has 4 heteroatoms. The predicted molar refractivity (Wildman–Crippen MR) is 102 cm³/mol. The zero-order valence-corrected chi connectivity index (χ0v) is 17.1. The second-order valence-corrected chi connectivity index (χ2v) is 14.0. The quantitative estimate of drug-likeness (QED) is 0.294. The summed E-state index contributed by atoms with van der Waals surface area (Å²) in [6, 6.07) is 1.84. The van der Waals surface area contributed by atoms with Gasteiger partial charge in [0, 0.05) is 13.0 Å². The first kappa shape index (κ1) is 21.4. The van der Waals surface area contributed by atoms with Crippen LogP contribution in [0.15, 0.2) is 25.3 Å². The van der Waals surface area contributed by atoms with E-state index in [9.17, 15) is 0 Å². The van der Waals surface area contributed by atoms with Crippen LogP contribution in [-0.2, 0) is 8.85 Å². The second-order valence-electron chi connectivity index (χ2n) is 7.07. The summed E-state index contributed by atoms with van der Waals surface area (Å²) in [5.41, 5.74) is 0. The molecule has 125 valence electrons. The van der Waals surface area contributed by atoms with Crippen molar-refractivity contribution in [2.45, 2.75) is 69.9 Å². The van der Waals surface area contributed by atoms with Crippen molar-refractivity contribution in [3.8, 4) is 12.3 Å². The Morgan fingerprint density at radius 1 is 1.23 bits per heavy atom. The van der Waals surface area contributed by atoms with Crippen LogP contribution in [0.3, 0.4) is 0 Å². The molecule has 0 N–H and O–H groups in total. The minimum Gasteiger partial charge on any atom is -0.417 e. The van der Waals surface area contributed by atoms with Gasteiger partial charge in [-0.2, -0.15) is 0 Å². The van der Waals surface area contributed by atoms with E-state index in [4.69, 9.17) is 15.3 Å². The summed E-state index contributed by atoms with van der Waals surface area (Å²) in [6.45, 7) is 19.6. The fourth-order valence-electron chi connectivity index (χ4n) is 1.73. The fourth-order valence-corrected chi connectivity index (χ4v) is 4.47. The number of hydrogen-bond acceptors (Lipinski definition) is 2. The van der Waals surface area contributed by atoms with Gasteiger partial charge in [0.05, 0.1) is 6.10 Å². The van der Waals surface area contributed by atoms with Gasteiger partial charge in [-0.3, -0.25) is 0 Å². The Labute approximate surface area is 140 Å². The molecule has 1 radical (unpaired) electrons. The molecular weight excluding hydrogens is 304 g/mol. The lowest BCUT2D eigenvalue weighted by Crippen LogP contribution is -2.41. The second kappa shape index (κ2) is 10.2. The van der Waals surface area contributed by atoms with E-state index in [1.54, 1.807) is 0 Å². The van der Waals surface area contributed by atoms with Crippen LogP contribution in [0.4, 0.5) is 0 Å². The largest absolute Gasteiger partial charge is 0.417 e. The van der Waals surface area contributed by atoms with E-state index < -0.39 is 17.4 Å². The van der Waals surface area contributed by atoms with Crippen molar-refractivity contribution >= 4 is 17.4 Å².